The van der Waals surface area contributed by atoms with Crippen molar-refractivity contribution in [2.24, 2.45) is 5.73 Å². The van der Waals surface area contributed by atoms with Crippen molar-refractivity contribution < 1.29 is 49.4 Å². The number of nitrogens with two attached hydrogens (primary N) is 1. The van der Waals surface area contributed by atoms with Crippen molar-refractivity contribution in [1.29, 1.82) is 0 Å². The van der Waals surface area contributed by atoms with Crippen molar-refractivity contribution in [3.63, 3.8) is 0 Å². The summed E-state index contributed by atoms with van der Waals surface area (Å²) in [7, 11) is -28.0. The maximum atomic E-state index is 6.75. The van der Waals surface area contributed by atoms with E-state index in [1.54, 1.807) is 45.8 Å². The zero-order valence-corrected chi connectivity index (χ0v) is 28.5. The molecule has 6 heterocycles. The molecule has 0 aromatic rings. The van der Waals surface area contributed by atoms with Crippen molar-refractivity contribution >= 4 is 70.4 Å². The largest absolute Gasteiger partial charge is 0.478 e. The lowest BCUT2D eigenvalue weighted by Crippen LogP contribution is -2.86. The molecule has 0 aromatic heterocycles. The van der Waals surface area contributed by atoms with Gasteiger partial charge in [-0.15, -0.1) is 0 Å². The van der Waals surface area contributed by atoms with Gasteiger partial charge in [-0.25, -0.2) is 0 Å². The normalized spacial score (nSPS) is 56.5. The molecule has 196 valence electrons. The van der Waals surface area contributed by atoms with Crippen LogP contribution in [0.5, 0.6) is 0 Å². The average molecular weight is 623 g/mol. The van der Waals surface area contributed by atoms with Gasteiger partial charge < -0.3 is 60.4 Å². The van der Waals surface area contributed by atoms with Gasteiger partial charge in [0, 0.05) is 65.0 Å². The third kappa shape index (κ3) is 5.21. The average Bonchev–Trinajstić information content (AvgIpc) is 2.52. The minimum atomic E-state index is -3.57. The van der Waals surface area contributed by atoms with Crippen molar-refractivity contribution in [1.82, 2.24) is 5.32 Å². The highest BCUT2D eigenvalue weighted by Gasteiger charge is 2.78. The van der Waals surface area contributed by atoms with Crippen LogP contribution in [0.4, 0.5) is 0 Å². The number of rotatable bonds is 6. The van der Waals surface area contributed by atoms with Crippen molar-refractivity contribution in [2.45, 2.75) is 58.3 Å². The Morgan fingerprint density at radius 2 is 0.765 bits per heavy atom. The molecule has 6 saturated heterocycles. The van der Waals surface area contributed by atoms with E-state index in [1.165, 1.54) is 0 Å². The molecule has 8 bridgehead atoms. The minimum absolute atomic E-state index is 0.453. The Bertz CT molecular complexity index is 734. The molecule has 6 rings (SSSR count). The van der Waals surface area contributed by atoms with E-state index < -0.39 is 70.4 Å². The lowest BCUT2D eigenvalue weighted by Gasteiger charge is -2.60. The molecule has 34 heavy (non-hydrogen) atoms. The van der Waals surface area contributed by atoms with Crippen LogP contribution in [0, 0.1) is 0 Å². The fraction of sp³-hybridized carbons (Fsp3) is 1.00. The maximum Gasteiger partial charge on any atom is 0.478 e. The van der Waals surface area contributed by atoms with Gasteiger partial charge in [0.15, 0.2) is 0 Å². The highest BCUT2D eigenvalue weighted by atomic mass is 28.6. The Kier molecular flexibility index (Phi) is 6.56. The molecular weight excluding hydrogens is 589 g/mol. The van der Waals surface area contributed by atoms with Gasteiger partial charge >= 0.3 is 70.4 Å². The number of hydrogen-bond acceptors (Lipinski definition) is 14. The topological polar surface area (TPSA) is 149 Å². The number of nitrogens with one attached hydrogen (secondary N) is 1. The Hall–Kier alpha value is 1.18. The molecule has 0 spiro atoms. The predicted molar refractivity (Wildman–Crippen MR) is 131 cm³/mol. The van der Waals surface area contributed by atoms with Gasteiger partial charge in [0.2, 0.25) is 0 Å². The third-order valence-corrected chi connectivity index (χ3v) is 41.4. The first-order valence-corrected chi connectivity index (χ1v) is 28.9. The Morgan fingerprint density at radius 1 is 0.471 bits per heavy atom. The molecule has 0 unspecified atom stereocenters. The second kappa shape index (κ2) is 8.34. The molecular formula is C12H34N2O12Si8. The van der Waals surface area contributed by atoms with Crippen LogP contribution in [-0.2, 0) is 49.4 Å². The second-order valence-corrected chi connectivity index (χ2v) is 33.3. The summed E-state index contributed by atoms with van der Waals surface area (Å²) in [5, 5.41) is 3.29. The van der Waals surface area contributed by atoms with Gasteiger partial charge in [-0.3, -0.25) is 0 Å². The summed E-state index contributed by atoms with van der Waals surface area (Å²) < 4.78 is 79.1. The second-order valence-electron chi connectivity index (χ2n) is 9.59. The molecule has 0 radical (unpaired) electrons. The maximum absolute atomic E-state index is 6.75. The van der Waals surface area contributed by atoms with Crippen LogP contribution in [0.25, 0.3) is 0 Å². The smallest absolute Gasteiger partial charge is 0.374 e. The zero-order valence-electron chi connectivity index (χ0n) is 20.5. The molecule has 0 aromatic carbocycles. The van der Waals surface area contributed by atoms with Crippen molar-refractivity contribution in [3.8, 4) is 0 Å². The Labute approximate surface area is 208 Å². The lowest BCUT2D eigenvalue weighted by molar-refractivity contribution is -0.0192. The molecule has 0 aliphatic carbocycles. The number of hydrogen-bond donors (Lipinski definition) is 2. The van der Waals surface area contributed by atoms with E-state index in [-0.39, 0.29) is 0 Å². The first-order chi connectivity index (χ1) is 15.5. The Balaban J connectivity index is 1.63. The van der Waals surface area contributed by atoms with E-state index in [9.17, 15) is 0 Å². The van der Waals surface area contributed by atoms with E-state index in [0.29, 0.717) is 32.1 Å². The highest BCUT2D eigenvalue weighted by molar-refractivity contribution is 7.02. The molecule has 6 aliphatic rings. The zero-order chi connectivity index (χ0) is 24.7. The van der Waals surface area contributed by atoms with Crippen molar-refractivity contribution in [2.75, 3.05) is 19.6 Å². The molecule has 0 saturated carbocycles. The summed E-state index contributed by atoms with van der Waals surface area (Å²) in [6.45, 7) is 14.3. The summed E-state index contributed by atoms with van der Waals surface area (Å²) in [5.74, 6) is 0. The van der Waals surface area contributed by atoms with Crippen molar-refractivity contribution in [3.05, 3.63) is 0 Å². The molecule has 22 heteroatoms. The third-order valence-electron chi connectivity index (χ3n) is 5.52. The fourth-order valence-electron chi connectivity index (χ4n) is 5.19. The predicted octanol–water partition coefficient (Wildman–Crippen LogP) is 0.112. The van der Waals surface area contributed by atoms with E-state index >= 15 is 0 Å². The molecule has 3 N–H and O–H groups in total. The minimum Gasteiger partial charge on any atom is -0.374 e. The quantitative estimate of drug-likeness (QED) is 0.305. The molecule has 0 amide bonds. The van der Waals surface area contributed by atoms with E-state index in [0.717, 1.165) is 0 Å². The Morgan fingerprint density at radius 3 is 1.06 bits per heavy atom. The summed E-state index contributed by atoms with van der Waals surface area (Å²) in [4.78, 5) is 0. The van der Waals surface area contributed by atoms with Gasteiger partial charge in [-0.2, -0.15) is 0 Å². The SMILES string of the molecule is C[Si]12O[Si]3(C)O[Si]4(C)O[Si](C)(O1)O[Si]1(C)O[Si](C)(O2)O[Si](C)(O3)O[Si](CCCNCCN)(O4)O1. The van der Waals surface area contributed by atoms with E-state index in [2.05, 4.69) is 5.32 Å². The standard InChI is InChI=1S/C12H34N2O12Si8/c1-27-15-28(2)18-31(5)20-29(3,16-27)22-33(7)23-30(4,17-27)21-32(6,19-28)25-34(24-31,26-33)12-8-10-14-11-9-13/h14H,8-13H2,1-7H3. The first-order valence-electron chi connectivity index (χ1n) is 11.4. The van der Waals surface area contributed by atoms with Gasteiger partial charge in [-0.1, -0.05) is 0 Å². The molecule has 6 aliphatic heterocycles. The van der Waals surface area contributed by atoms with Gasteiger partial charge in [0.25, 0.3) is 0 Å². The van der Waals surface area contributed by atoms with Gasteiger partial charge in [-0.05, 0) is 13.0 Å². The monoisotopic (exact) mass is 622 g/mol. The summed E-state index contributed by atoms with van der Waals surface area (Å²) >= 11 is 0. The van der Waals surface area contributed by atoms with Gasteiger partial charge in [0.1, 0.15) is 0 Å². The van der Waals surface area contributed by atoms with Crippen LogP contribution in [0.3, 0.4) is 0 Å². The van der Waals surface area contributed by atoms with Gasteiger partial charge in [0.05, 0.1) is 0 Å². The summed E-state index contributed by atoms with van der Waals surface area (Å²) in [6.07, 6.45) is 0.693. The van der Waals surface area contributed by atoms with Crippen LogP contribution in [0.15, 0.2) is 0 Å². The molecule has 0 atom stereocenters. The van der Waals surface area contributed by atoms with E-state index in [4.69, 9.17) is 55.1 Å². The lowest BCUT2D eigenvalue weighted by atomic mass is 10.5. The van der Waals surface area contributed by atoms with Crippen LogP contribution in [0.1, 0.15) is 6.42 Å². The van der Waals surface area contributed by atoms with Crippen LogP contribution in [-0.4, -0.2) is 90.1 Å². The van der Waals surface area contributed by atoms with Crippen LogP contribution >= 0.6 is 0 Å². The molecule has 6 fully saturated rings. The summed E-state index contributed by atoms with van der Waals surface area (Å²) in [6, 6.07) is 0.453. The first kappa shape index (κ1) is 26.8. The van der Waals surface area contributed by atoms with E-state index in [1.807, 2.05) is 0 Å². The fourth-order valence-corrected chi connectivity index (χ4v) is 51.0. The molecule has 14 nitrogen and oxygen atoms in total. The van der Waals surface area contributed by atoms with Crippen LogP contribution in [0.2, 0.25) is 51.9 Å². The summed E-state index contributed by atoms with van der Waals surface area (Å²) in [5.41, 5.74) is 5.60. The highest BCUT2D eigenvalue weighted by Crippen LogP contribution is 2.48. The van der Waals surface area contributed by atoms with Crippen LogP contribution < -0.4 is 11.1 Å².